The zero-order valence-corrected chi connectivity index (χ0v) is 16.9. The summed E-state index contributed by atoms with van der Waals surface area (Å²) in [6, 6.07) is 14.0. The van der Waals surface area contributed by atoms with Crippen molar-refractivity contribution < 1.29 is 9.72 Å². The molecule has 3 aromatic rings. The van der Waals surface area contributed by atoms with Crippen LogP contribution >= 0.6 is 11.3 Å². The number of hydrogen-bond donors (Lipinski definition) is 1. The molecule has 2 heterocycles. The fraction of sp³-hybridized carbons (Fsp3) is 0.333. The molecule has 1 aromatic heterocycles. The number of likely N-dealkylation sites (tertiary alicyclic amines) is 1. The van der Waals surface area contributed by atoms with E-state index in [1.807, 2.05) is 25.1 Å². The normalized spacial score (nSPS) is 16.6. The molecule has 0 spiro atoms. The van der Waals surface area contributed by atoms with E-state index in [1.165, 1.54) is 15.8 Å². The summed E-state index contributed by atoms with van der Waals surface area (Å²) in [5, 5.41) is 15.0. The van der Waals surface area contributed by atoms with Crippen molar-refractivity contribution in [1.82, 2.24) is 9.88 Å². The Hall–Kier alpha value is -2.84. The molecule has 0 unspecified atom stereocenters. The molecule has 0 aliphatic carbocycles. The quantitative estimate of drug-likeness (QED) is 0.497. The minimum absolute atomic E-state index is 0.0948. The van der Waals surface area contributed by atoms with Gasteiger partial charge in [0.05, 0.1) is 26.2 Å². The third-order valence-corrected chi connectivity index (χ3v) is 6.67. The summed E-state index contributed by atoms with van der Waals surface area (Å²) in [7, 11) is 0. The molecule has 1 fully saturated rings. The predicted octanol–water partition coefficient (Wildman–Crippen LogP) is 4.41. The highest BCUT2D eigenvalue weighted by molar-refractivity contribution is 7.18. The van der Waals surface area contributed by atoms with Crippen LogP contribution in [0.15, 0.2) is 48.5 Å². The number of nitrogens with one attached hydrogen (secondary N) is 1. The van der Waals surface area contributed by atoms with Crippen molar-refractivity contribution in [2.75, 3.05) is 18.4 Å². The number of nitro groups is 1. The zero-order valence-electron chi connectivity index (χ0n) is 16.1. The maximum Gasteiger partial charge on any atom is 0.292 e. The number of nitrogens with zero attached hydrogens (tertiary/aromatic N) is 3. The van der Waals surface area contributed by atoms with Crippen molar-refractivity contribution in [2.24, 2.45) is 0 Å². The molecule has 8 heteroatoms. The third kappa shape index (κ3) is 4.13. The number of anilines is 1. The molecule has 2 aromatic carbocycles. The molecular weight excluding hydrogens is 388 g/mol. The van der Waals surface area contributed by atoms with Crippen molar-refractivity contribution in [3.8, 4) is 0 Å². The summed E-state index contributed by atoms with van der Waals surface area (Å²) in [5.74, 6) is 0.187. The Balaban J connectivity index is 1.38. The Labute approximate surface area is 172 Å². The second-order valence-electron chi connectivity index (χ2n) is 7.27. The van der Waals surface area contributed by atoms with Gasteiger partial charge in [0.25, 0.3) is 5.69 Å². The van der Waals surface area contributed by atoms with E-state index in [0.29, 0.717) is 5.92 Å². The zero-order chi connectivity index (χ0) is 20.4. The molecule has 7 nitrogen and oxygen atoms in total. The van der Waals surface area contributed by atoms with Gasteiger partial charge in [0.2, 0.25) is 5.91 Å². The van der Waals surface area contributed by atoms with Gasteiger partial charge in [0, 0.05) is 12.0 Å². The summed E-state index contributed by atoms with van der Waals surface area (Å²) in [6.45, 7) is 3.44. The molecule has 0 radical (unpaired) electrons. The van der Waals surface area contributed by atoms with Crippen LogP contribution in [0.3, 0.4) is 0 Å². The second-order valence-corrected chi connectivity index (χ2v) is 8.33. The van der Waals surface area contributed by atoms with Crippen molar-refractivity contribution in [2.45, 2.75) is 31.7 Å². The number of carbonyl (C=O) groups is 1. The van der Waals surface area contributed by atoms with E-state index in [9.17, 15) is 14.9 Å². The van der Waals surface area contributed by atoms with E-state index >= 15 is 0 Å². The van der Waals surface area contributed by atoms with Crippen LogP contribution in [-0.4, -0.2) is 39.8 Å². The Morgan fingerprint density at radius 3 is 2.62 bits per heavy atom. The van der Waals surface area contributed by atoms with Gasteiger partial charge in [0.15, 0.2) is 0 Å². The summed E-state index contributed by atoms with van der Waals surface area (Å²) in [5.41, 5.74) is 1.19. The fourth-order valence-corrected chi connectivity index (χ4v) is 4.88. The molecule has 150 valence electrons. The summed E-state index contributed by atoms with van der Waals surface area (Å²) in [6.07, 6.45) is 1.89. The minimum Gasteiger partial charge on any atom is -0.319 e. The van der Waals surface area contributed by atoms with E-state index in [-0.39, 0.29) is 23.3 Å². The number of fused-ring (bicyclic) bond motifs is 1. The minimum atomic E-state index is -0.482. The predicted molar refractivity (Wildman–Crippen MR) is 114 cm³/mol. The van der Waals surface area contributed by atoms with E-state index in [4.69, 9.17) is 4.98 Å². The first kappa shape index (κ1) is 19.5. The van der Waals surface area contributed by atoms with Gasteiger partial charge in [-0.2, -0.15) is 0 Å². The summed E-state index contributed by atoms with van der Waals surface area (Å²) >= 11 is 1.75. The number of carbonyl (C=O) groups excluding carboxylic acids is 1. The third-order valence-electron chi connectivity index (χ3n) is 5.47. The number of hydrogen-bond acceptors (Lipinski definition) is 6. The number of nitro benzene ring substituents is 1. The largest absolute Gasteiger partial charge is 0.319 e. The van der Waals surface area contributed by atoms with Gasteiger partial charge in [-0.1, -0.05) is 24.3 Å². The Morgan fingerprint density at radius 2 is 1.90 bits per heavy atom. The van der Waals surface area contributed by atoms with Crippen molar-refractivity contribution in [1.29, 1.82) is 0 Å². The molecule has 1 aliphatic rings. The number of amides is 1. The molecule has 4 rings (SSSR count). The van der Waals surface area contributed by atoms with Crippen LogP contribution in [0.5, 0.6) is 0 Å². The molecule has 1 N–H and O–H groups in total. The Morgan fingerprint density at radius 1 is 1.21 bits per heavy atom. The van der Waals surface area contributed by atoms with Crippen LogP contribution in [0.1, 0.15) is 30.7 Å². The van der Waals surface area contributed by atoms with Crippen LogP contribution in [0.4, 0.5) is 11.4 Å². The van der Waals surface area contributed by atoms with Gasteiger partial charge in [-0.15, -0.1) is 11.3 Å². The maximum absolute atomic E-state index is 12.7. The molecule has 1 atom stereocenters. The highest BCUT2D eigenvalue weighted by Gasteiger charge is 2.29. The molecular formula is C21H22N4O3S. The first-order chi connectivity index (χ1) is 14.0. The van der Waals surface area contributed by atoms with E-state index in [0.717, 1.165) is 31.4 Å². The van der Waals surface area contributed by atoms with E-state index < -0.39 is 4.92 Å². The van der Waals surface area contributed by atoms with Gasteiger partial charge in [0.1, 0.15) is 5.69 Å². The highest BCUT2D eigenvalue weighted by atomic mass is 32.1. The average molecular weight is 410 g/mol. The number of aromatic nitrogens is 1. The van der Waals surface area contributed by atoms with Crippen molar-refractivity contribution in [3.63, 3.8) is 0 Å². The second kappa shape index (κ2) is 8.26. The van der Waals surface area contributed by atoms with Crippen LogP contribution in [0.2, 0.25) is 0 Å². The Kier molecular flexibility index (Phi) is 5.55. The van der Waals surface area contributed by atoms with Crippen molar-refractivity contribution >= 4 is 38.8 Å². The lowest BCUT2D eigenvalue weighted by Gasteiger charge is -2.34. The van der Waals surface area contributed by atoms with Crippen LogP contribution in [0, 0.1) is 10.1 Å². The van der Waals surface area contributed by atoms with Gasteiger partial charge in [-0.25, -0.2) is 4.98 Å². The van der Waals surface area contributed by atoms with Gasteiger partial charge in [-0.05, 0) is 51.1 Å². The molecule has 29 heavy (non-hydrogen) atoms. The smallest absolute Gasteiger partial charge is 0.292 e. The van der Waals surface area contributed by atoms with Crippen LogP contribution in [-0.2, 0) is 4.79 Å². The van der Waals surface area contributed by atoms with Gasteiger partial charge >= 0.3 is 0 Å². The van der Waals surface area contributed by atoms with Crippen LogP contribution < -0.4 is 5.32 Å². The number of rotatable bonds is 5. The molecule has 1 amide bonds. The topological polar surface area (TPSA) is 88.4 Å². The first-order valence-corrected chi connectivity index (χ1v) is 10.5. The average Bonchev–Trinajstić information content (AvgIpc) is 3.18. The summed E-state index contributed by atoms with van der Waals surface area (Å²) < 4.78 is 1.21. The number of para-hydroxylation sites is 3. The lowest BCUT2D eigenvalue weighted by atomic mass is 9.96. The molecule has 1 saturated heterocycles. The van der Waals surface area contributed by atoms with Gasteiger partial charge in [-0.3, -0.25) is 19.8 Å². The summed E-state index contributed by atoms with van der Waals surface area (Å²) in [4.78, 5) is 30.2. The number of piperidine rings is 1. The fourth-order valence-electron chi connectivity index (χ4n) is 3.74. The lowest BCUT2D eigenvalue weighted by molar-refractivity contribution is -0.383. The molecule has 0 saturated carbocycles. The van der Waals surface area contributed by atoms with Crippen LogP contribution in [0.25, 0.3) is 10.2 Å². The SMILES string of the molecule is C[C@H](C(=O)Nc1ccccc1[N+](=O)[O-])N1CCC(c2nc3ccccc3s2)CC1. The Bertz CT molecular complexity index is 1010. The van der Waals surface area contributed by atoms with Gasteiger partial charge < -0.3 is 5.32 Å². The highest BCUT2D eigenvalue weighted by Crippen LogP contribution is 2.34. The maximum atomic E-state index is 12.7. The van der Waals surface area contributed by atoms with E-state index in [1.54, 1.807) is 29.5 Å². The van der Waals surface area contributed by atoms with Crippen molar-refractivity contribution in [3.05, 3.63) is 63.7 Å². The molecule has 0 bridgehead atoms. The van der Waals surface area contributed by atoms with E-state index in [2.05, 4.69) is 16.3 Å². The first-order valence-electron chi connectivity index (χ1n) is 9.66. The monoisotopic (exact) mass is 410 g/mol. The lowest BCUT2D eigenvalue weighted by Crippen LogP contribution is -2.45. The number of benzene rings is 2. The number of thiazole rings is 1. The standard InChI is InChI=1S/C21H22N4O3S/c1-14(20(26)22-16-6-2-4-8-18(16)25(27)28)24-12-10-15(11-13-24)21-23-17-7-3-5-9-19(17)29-21/h2-9,14-15H,10-13H2,1H3,(H,22,26)/t14-/m1/s1. The molecule has 1 aliphatic heterocycles.